The summed E-state index contributed by atoms with van der Waals surface area (Å²) in [6.45, 7) is 1.51. The van der Waals surface area contributed by atoms with E-state index < -0.39 is 12.6 Å². The van der Waals surface area contributed by atoms with Crippen molar-refractivity contribution < 1.29 is 23.9 Å². The second-order valence-corrected chi connectivity index (χ2v) is 6.60. The van der Waals surface area contributed by atoms with Crippen LogP contribution in [0.3, 0.4) is 0 Å². The maximum Gasteiger partial charge on any atom is 0.340 e. The molecule has 152 valence electrons. The van der Waals surface area contributed by atoms with Crippen molar-refractivity contribution in [1.82, 2.24) is 0 Å². The molecule has 6 nitrogen and oxygen atoms in total. The molecule has 3 aromatic carbocycles. The molecule has 0 saturated heterocycles. The van der Waals surface area contributed by atoms with Crippen LogP contribution in [0.25, 0.3) is 0 Å². The molecular formula is C24H21NO5. The third-order valence-corrected chi connectivity index (χ3v) is 4.44. The number of aryl methyl sites for hydroxylation is 1. The monoisotopic (exact) mass is 403 g/mol. The van der Waals surface area contributed by atoms with E-state index in [0.717, 1.165) is 5.56 Å². The Kier molecular flexibility index (Phi) is 6.60. The summed E-state index contributed by atoms with van der Waals surface area (Å²) in [5.41, 5.74) is 2.36. The minimum absolute atomic E-state index is 0.163. The molecule has 0 unspecified atom stereocenters. The molecule has 0 aliphatic heterocycles. The van der Waals surface area contributed by atoms with Crippen LogP contribution in [0, 0.1) is 6.92 Å². The summed E-state index contributed by atoms with van der Waals surface area (Å²) >= 11 is 0. The third-order valence-electron chi connectivity index (χ3n) is 4.44. The number of hydrogen-bond donors (Lipinski definition) is 1. The smallest absolute Gasteiger partial charge is 0.340 e. The van der Waals surface area contributed by atoms with E-state index in [1.165, 1.54) is 13.2 Å². The van der Waals surface area contributed by atoms with Crippen LogP contribution in [-0.2, 0) is 4.74 Å². The normalized spacial score (nSPS) is 10.2. The molecule has 6 heteroatoms. The summed E-state index contributed by atoms with van der Waals surface area (Å²) in [5.74, 6) is -0.867. The van der Waals surface area contributed by atoms with Gasteiger partial charge in [-0.3, -0.25) is 9.59 Å². The van der Waals surface area contributed by atoms with E-state index in [9.17, 15) is 14.4 Å². The Morgan fingerprint density at radius 2 is 1.60 bits per heavy atom. The number of ether oxygens (including phenoxy) is 2. The molecule has 0 heterocycles. The highest BCUT2D eigenvalue weighted by molar-refractivity contribution is 6.08. The van der Waals surface area contributed by atoms with E-state index in [2.05, 4.69) is 5.32 Å². The number of carbonyl (C=O) groups is 3. The van der Waals surface area contributed by atoms with Gasteiger partial charge in [0.2, 0.25) is 0 Å². The number of nitrogens with one attached hydrogen (secondary N) is 1. The standard InChI is InChI=1S/C24H21NO5/c1-16-10-12-17(13-11-16)23(27)25-21-9-4-3-8-20(21)24(28)30-15-22(26)18-6-5-7-19(14-18)29-2/h3-14H,15H2,1-2H3,(H,25,27). The zero-order valence-electron chi connectivity index (χ0n) is 16.7. The molecule has 0 aromatic heterocycles. The van der Waals surface area contributed by atoms with Gasteiger partial charge in [0.05, 0.1) is 18.4 Å². The molecule has 0 atom stereocenters. The predicted octanol–water partition coefficient (Wildman–Crippen LogP) is 4.30. The van der Waals surface area contributed by atoms with Crippen molar-refractivity contribution >= 4 is 23.3 Å². The zero-order chi connectivity index (χ0) is 21.5. The van der Waals surface area contributed by atoms with Gasteiger partial charge in [-0.25, -0.2) is 4.79 Å². The van der Waals surface area contributed by atoms with Crippen LogP contribution in [-0.4, -0.2) is 31.4 Å². The molecule has 0 spiro atoms. The number of hydrogen-bond acceptors (Lipinski definition) is 5. The van der Waals surface area contributed by atoms with Gasteiger partial charge in [-0.15, -0.1) is 0 Å². The first-order valence-electron chi connectivity index (χ1n) is 9.29. The number of rotatable bonds is 7. The predicted molar refractivity (Wildman–Crippen MR) is 113 cm³/mol. The number of amides is 1. The number of carbonyl (C=O) groups excluding carboxylic acids is 3. The van der Waals surface area contributed by atoms with Gasteiger partial charge in [0.15, 0.2) is 12.4 Å². The zero-order valence-corrected chi connectivity index (χ0v) is 16.7. The first kappa shape index (κ1) is 20.8. The second kappa shape index (κ2) is 9.52. The van der Waals surface area contributed by atoms with Gasteiger partial charge in [-0.1, -0.05) is 42.0 Å². The van der Waals surface area contributed by atoms with Crippen molar-refractivity contribution in [2.75, 3.05) is 19.0 Å². The SMILES string of the molecule is COc1cccc(C(=O)COC(=O)c2ccccc2NC(=O)c2ccc(C)cc2)c1. The van der Waals surface area contributed by atoms with Gasteiger partial charge in [-0.2, -0.15) is 0 Å². The second-order valence-electron chi connectivity index (χ2n) is 6.60. The van der Waals surface area contributed by atoms with E-state index in [-0.39, 0.29) is 17.3 Å². The number of esters is 1. The van der Waals surface area contributed by atoms with Crippen molar-refractivity contribution in [3.05, 3.63) is 95.1 Å². The lowest BCUT2D eigenvalue weighted by atomic mass is 10.1. The Hall–Kier alpha value is -3.93. The number of benzene rings is 3. The topological polar surface area (TPSA) is 81.7 Å². The van der Waals surface area contributed by atoms with Crippen LogP contribution in [0.4, 0.5) is 5.69 Å². The fraction of sp³-hybridized carbons (Fsp3) is 0.125. The third kappa shape index (κ3) is 5.11. The van der Waals surface area contributed by atoms with E-state index >= 15 is 0 Å². The summed E-state index contributed by atoms with van der Waals surface area (Å²) in [5, 5.41) is 2.72. The lowest BCUT2D eigenvalue weighted by molar-refractivity contribution is 0.0475. The Morgan fingerprint density at radius 3 is 2.33 bits per heavy atom. The number of methoxy groups -OCH3 is 1. The highest BCUT2D eigenvalue weighted by Gasteiger charge is 2.17. The quantitative estimate of drug-likeness (QED) is 0.470. The molecule has 3 rings (SSSR count). The molecular weight excluding hydrogens is 382 g/mol. The Balaban J connectivity index is 1.68. The minimum Gasteiger partial charge on any atom is -0.497 e. The molecule has 1 amide bonds. The lowest BCUT2D eigenvalue weighted by Crippen LogP contribution is -2.18. The van der Waals surface area contributed by atoms with Gasteiger partial charge in [0.25, 0.3) is 5.91 Å². The van der Waals surface area contributed by atoms with Crippen LogP contribution in [0.5, 0.6) is 5.75 Å². The Bertz CT molecular complexity index is 1070. The highest BCUT2D eigenvalue weighted by Crippen LogP contribution is 2.18. The van der Waals surface area contributed by atoms with Crippen LogP contribution < -0.4 is 10.1 Å². The maximum atomic E-state index is 12.5. The molecule has 0 radical (unpaired) electrons. The largest absolute Gasteiger partial charge is 0.497 e. The summed E-state index contributed by atoms with van der Waals surface area (Å²) in [7, 11) is 1.51. The number of para-hydroxylation sites is 1. The first-order chi connectivity index (χ1) is 14.5. The Morgan fingerprint density at radius 1 is 0.867 bits per heavy atom. The van der Waals surface area contributed by atoms with Crippen LogP contribution in [0.15, 0.2) is 72.8 Å². The first-order valence-corrected chi connectivity index (χ1v) is 9.29. The van der Waals surface area contributed by atoms with Crippen LogP contribution in [0.1, 0.15) is 36.6 Å². The fourth-order valence-corrected chi connectivity index (χ4v) is 2.76. The molecule has 3 aromatic rings. The van der Waals surface area contributed by atoms with Gasteiger partial charge in [0, 0.05) is 11.1 Å². The van der Waals surface area contributed by atoms with Crippen molar-refractivity contribution in [1.29, 1.82) is 0 Å². The van der Waals surface area contributed by atoms with Gasteiger partial charge in [-0.05, 0) is 43.3 Å². The van der Waals surface area contributed by atoms with Crippen LogP contribution >= 0.6 is 0 Å². The number of ketones is 1. The molecule has 0 bridgehead atoms. The molecule has 0 fully saturated rings. The van der Waals surface area contributed by atoms with Crippen molar-refractivity contribution in [3.8, 4) is 5.75 Å². The van der Waals surface area contributed by atoms with Crippen LogP contribution in [0.2, 0.25) is 0 Å². The molecule has 1 N–H and O–H groups in total. The van der Waals surface area contributed by atoms with E-state index in [1.807, 2.05) is 19.1 Å². The number of anilines is 1. The van der Waals surface area contributed by atoms with E-state index in [0.29, 0.717) is 22.6 Å². The summed E-state index contributed by atoms with van der Waals surface area (Å²) < 4.78 is 10.3. The number of Topliss-reactive ketones (excluding diaryl/α,β-unsaturated/α-hetero) is 1. The summed E-state index contributed by atoms with van der Waals surface area (Å²) in [6, 6.07) is 20.2. The molecule has 0 saturated carbocycles. The average Bonchev–Trinajstić information content (AvgIpc) is 2.78. The summed E-state index contributed by atoms with van der Waals surface area (Å²) in [6.07, 6.45) is 0. The molecule has 0 aliphatic carbocycles. The van der Waals surface area contributed by atoms with E-state index in [1.54, 1.807) is 54.6 Å². The van der Waals surface area contributed by atoms with Gasteiger partial charge in [0.1, 0.15) is 5.75 Å². The van der Waals surface area contributed by atoms with Gasteiger partial charge < -0.3 is 14.8 Å². The van der Waals surface area contributed by atoms with E-state index in [4.69, 9.17) is 9.47 Å². The fourth-order valence-electron chi connectivity index (χ4n) is 2.76. The average molecular weight is 403 g/mol. The van der Waals surface area contributed by atoms with Crippen molar-refractivity contribution in [3.63, 3.8) is 0 Å². The Labute approximate surface area is 174 Å². The highest BCUT2D eigenvalue weighted by atomic mass is 16.5. The molecule has 30 heavy (non-hydrogen) atoms. The maximum absolute atomic E-state index is 12.5. The van der Waals surface area contributed by atoms with Gasteiger partial charge >= 0.3 is 5.97 Å². The van der Waals surface area contributed by atoms with Crippen molar-refractivity contribution in [2.45, 2.75) is 6.92 Å². The molecule has 0 aliphatic rings. The summed E-state index contributed by atoms with van der Waals surface area (Å²) in [4.78, 5) is 37.3. The minimum atomic E-state index is -0.703. The van der Waals surface area contributed by atoms with Crippen molar-refractivity contribution in [2.24, 2.45) is 0 Å². The lowest BCUT2D eigenvalue weighted by Gasteiger charge is -2.11.